The van der Waals surface area contributed by atoms with Gasteiger partial charge in [0.1, 0.15) is 17.3 Å². The standard InChI is InChI=1S/C26H17FN4O/c27-18-4-1-3-16(9-18)20-5-2-6-23-21(20)12-25(29-23)26-22-11-15(7-8-24(22)30-31-26)17-10-19(32)14-28-13-17/h1-14,29,32H,(H,30,31). The molecule has 3 heterocycles. The topological polar surface area (TPSA) is 77.6 Å². The van der Waals surface area contributed by atoms with Gasteiger partial charge in [0.2, 0.25) is 0 Å². The highest BCUT2D eigenvalue weighted by Crippen LogP contribution is 2.35. The first-order chi connectivity index (χ1) is 15.7. The summed E-state index contributed by atoms with van der Waals surface area (Å²) in [6.07, 6.45) is 3.13. The summed E-state index contributed by atoms with van der Waals surface area (Å²) < 4.78 is 13.8. The Morgan fingerprint density at radius 2 is 1.66 bits per heavy atom. The lowest BCUT2D eigenvalue weighted by Crippen LogP contribution is -1.81. The average molecular weight is 420 g/mol. The van der Waals surface area contributed by atoms with Crippen molar-refractivity contribution < 1.29 is 9.50 Å². The van der Waals surface area contributed by atoms with E-state index in [0.717, 1.165) is 55.4 Å². The second-order valence-electron chi connectivity index (χ2n) is 7.72. The highest BCUT2D eigenvalue weighted by molar-refractivity contribution is 6.01. The zero-order chi connectivity index (χ0) is 21.7. The van der Waals surface area contributed by atoms with Gasteiger partial charge in [-0.1, -0.05) is 30.3 Å². The molecule has 3 N–H and O–H groups in total. The van der Waals surface area contributed by atoms with E-state index in [1.807, 2.05) is 48.5 Å². The minimum atomic E-state index is -0.262. The van der Waals surface area contributed by atoms with Crippen LogP contribution in [0.2, 0.25) is 0 Å². The van der Waals surface area contributed by atoms with Crippen LogP contribution >= 0.6 is 0 Å². The minimum Gasteiger partial charge on any atom is -0.506 e. The highest BCUT2D eigenvalue weighted by atomic mass is 19.1. The van der Waals surface area contributed by atoms with Crippen molar-refractivity contribution in [1.29, 1.82) is 0 Å². The zero-order valence-corrected chi connectivity index (χ0v) is 16.8. The largest absolute Gasteiger partial charge is 0.506 e. The monoisotopic (exact) mass is 420 g/mol. The van der Waals surface area contributed by atoms with Crippen LogP contribution in [0.15, 0.2) is 85.2 Å². The molecule has 154 valence electrons. The first kappa shape index (κ1) is 18.3. The molecular formula is C26H17FN4O. The molecule has 6 heteroatoms. The van der Waals surface area contributed by atoms with Crippen molar-refractivity contribution in [3.05, 3.63) is 91.0 Å². The summed E-state index contributed by atoms with van der Waals surface area (Å²) in [5, 5.41) is 19.4. The number of hydrogen-bond donors (Lipinski definition) is 3. The van der Waals surface area contributed by atoms with Crippen LogP contribution in [0.25, 0.3) is 55.4 Å². The van der Waals surface area contributed by atoms with Gasteiger partial charge in [0.05, 0.1) is 17.4 Å². The van der Waals surface area contributed by atoms with E-state index in [9.17, 15) is 9.50 Å². The number of fused-ring (bicyclic) bond motifs is 2. The fourth-order valence-corrected chi connectivity index (χ4v) is 4.18. The maximum Gasteiger partial charge on any atom is 0.134 e. The second kappa shape index (κ2) is 7.06. The normalized spacial score (nSPS) is 11.4. The van der Waals surface area contributed by atoms with E-state index in [0.29, 0.717) is 0 Å². The average Bonchev–Trinajstić information content (AvgIpc) is 3.42. The fraction of sp³-hybridized carbons (Fsp3) is 0. The molecule has 0 saturated heterocycles. The van der Waals surface area contributed by atoms with E-state index < -0.39 is 0 Å². The maximum atomic E-state index is 13.8. The van der Waals surface area contributed by atoms with Crippen LogP contribution in [-0.4, -0.2) is 25.3 Å². The molecule has 0 aliphatic carbocycles. The third-order valence-electron chi connectivity index (χ3n) is 5.67. The molecule has 0 spiro atoms. The Morgan fingerprint density at radius 1 is 0.750 bits per heavy atom. The van der Waals surface area contributed by atoms with Gasteiger partial charge in [0, 0.05) is 28.0 Å². The second-order valence-corrected chi connectivity index (χ2v) is 7.72. The van der Waals surface area contributed by atoms with Crippen molar-refractivity contribution in [3.8, 4) is 39.4 Å². The molecule has 0 aliphatic heterocycles. The van der Waals surface area contributed by atoms with E-state index in [1.165, 1.54) is 12.3 Å². The Bertz CT molecular complexity index is 1620. The minimum absolute atomic E-state index is 0.121. The molecule has 0 unspecified atom stereocenters. The smallest absolute Gasteiger partial charge is 0.134 e. The number of aromatic nitrogens is 4. The summed E-state index contributed by atoms with van der Waals surface area (Å²) in [7, 11) is 0. The molecule has 0 aliphatic rings. The Hall–Kier alpha value is -4.45. The number of rotatable bonds is 3. The lowest BCUT2D eigenvalue weighted by atomic mass is 10.0. The Morgan fingerprint density at radius 3 is 2.53 bits per heavy atom. The molecule has 0 amide bonds. The summed E-state index contributed by atoms with van der Waals surface area (Å²) in [4.78, 5) is 7.53. The van der Waals surface area contributed by atoms with Gasteiger partial charge < -0.3 is 10.1 Å². The van der Waals surface area contributed by atoms with Crippen molar-refractivity contribution in [2.75, 3.05) is 0 Å². The first-order valence-electron chi connectivity index (χ1n) is 10.2. The van der Waals surface area contributed by atoms with Crippen LogP contribution in [0, 0.1) is 5.82 Å². The Labute approximate surface area is 182 Å². The highest BCUT2D eigenvalue weighted by Gasteiger charge is 2.14. The summed E-state index contributed by atoms with van der Waals surface area (Å²) in [6, 6.07) is 22.3. The van der Waals surface area contributed by atoms with Gasteiger partial charge in [-0.2, -0.15) is 5.10 Å². The summed E-state index contributed by atoms with van der Waals surface area (Å²) in [5.41, 5.74) is 7.04. The van der Waals surface area contributed by atoms with Crippen molar-refractivity contribution in [2.45, 2.75) is 0 Å². The number of nitrogens with one attached hydrogen (secondary N) is 2. The number of benzene rings is 3. The molecule has 0 bridgehead atoms. The van der Waals surface area contributed by atoms with Gasteiger partial charge in [-0.15, -0.1) is 0 Å². The SMILES string of the molecule is Oc1cncc(-c2ccc3[nH]nc(-c4cc5c(-c6cccc(F)c6)cccc5[nH]4)c3c2)c1. The fourth-order valence-electron chi connectivity index (χ4n) is 4.18. The molecule has 5 nitrogen and oxygen atoms in total. The zero-order valence-electron chi connectivity index (χ0n) is 16.8. The van der Waals surface area contributed by atoms with E-state index >= 15 is 0 Å². The number of pyridine rings is 1. The van der Waals surface area contributed by atoms with E-state index in [1.54, 1.807) is 24.4 Å². The molecule has 32 heavy (non-hydrogen) atoms. The molecule has 0 atom stereocenters. The number of hydrogen-bond acceptors (Lipinski definition) is 3. The van der Waals surface area contributed by atoms with Crippen molar-refractivity contribution >= 4 is 21.8 Å². The molecule has 3 aromatic carbocycles. The molecule has 6 aromatic rings. The third kappa shape index (κ3) is 3.01. The molecule has 0 radical (unpaired) electrons. The van der Waals surface area contributed by atoms with Crippen molar-refractivity contribution in [1.82, 2.24) is 20.2 Å². The molecule has 0 fully saturated rings. The van der Waals surface area contributed by atoms with Crippen LogP contribution in [0.1, 0.15) is 0 Å². The number of aromatic amines is 2. The summed E-state index contributed by atoms with van der Waals surface area (Å²) >= 11 is 0. The van der Waals surface area contributed by atoms with Gasteiger partial charge in [-0.05, 0) is 59.2 Å². The number of H-pyrrole nitrogens is 2. The first-order valence-corrected chi connectivity index (χ1v) is 10.2. The Kier molecular flexibility index (Phi) is 4.04. The number of halogens is 1. The number of aromatic hydroxyl groups is 1. The maximum absolute atomic E-state index is 13.8. The predicted octanol–water partition coefficient (Wildman–Crippen LogP) is 6.28. The van der Waals surface area contributed by atoms with Crippen LogP contribution < -0.4 is 0 Å². The van der Waals surface area contributed by atoms with Gasteiger partial charge in [-0.3, -0.25) is 10.1 Å². The predicted molar refractivity (Wildman–Crippen MR) is 124 cm³/mol. The molecule has 0 saturated carbocycles. The van der Waals surface area contributed by atoms with Crippen LogP contribution in [-0.2, 0) is 0 Å². The Balaban J connectivity index is 1.51. The third-order valence-corrected chi connectivity index (χ3v) is 5.67. The van der Waals surface area contributed by atoms with Crippen molar-refractivity contribution in [3.63, 3.8) is 0 Å². The molecule has 3 aromatic heterocycles. The molecular weight excluding hydrogens is 403 g/mol. The van der Waals surface area contributed by atoms with E-state index in [2.05, 4.69) is 20.2 Å². The van der Waals surface area contributed by atoms with Crippen LogP contribution in [0.4, 0.5) is 4.39 Å². The van der Waals surface area contributed by atoms with Gasteiger partial charge in [0.25, 0.3) is 0 Å². The van der Waals surface area contributed by atoms with E-state index in [-0.39, 0.29) is 11.6 Å². The van der Waals surface area contributed by atoms with Gasteiger partial charge in [-0.25, -0.2) is 4.39 Å². The lowest BCUT2D eigenvalue weighted by Gasteiger charge is -2.03. The van der Waals surface area contributed by atoms with E-state index in [4.69, 9.17) is 0 Å². The molecule has 6 rings (SSSR count). The van der Waals surface area contributed by atoms with Crippen LogP contribution in [0.3, 0.4) is 0 Å². The van der Waals surface area contributed by atoms with Crippen molar-refractivity contribution in [2.24, 2.45) is 0 Å². The van der Waals surface area contributed by atoms with Gasteiger partial charge in [0.15, 0.2) is 0 Å². The summed E-state index contributed by atoms with van der Waals surface area (Å²) in [5.74, 6) is -0.141. The van der Waals surface area contributed by atoms with Crippen LogP contribution in [0.5, 0.6) is 5.75 Å². The quantitative estimate of drug-likeness (QED) is 0.315. The van der Waals surface area contributed by atoms with Gasteiger partial charge >= 0.3 is 0 Å². The lowest BCUT2D eigenvalue weighted by molar-refractivity contribution is 0.473. The summed E-state index contributed by atoms with van der Waals surface area (Å²) in [6.45, 7) is 0. The number of nitrogens with zero attached hydrogens (tertiary/aromatic N) is 2.